The minimum atomic E-state index is -1.10. The second-order valence-corrected chi connectivity index (χ2v) is 5.09. The van der Waals surface area contributed by atoms with Crippen LogP contribution in [0, 0.1) is 5.21 Å². The van der Waals surface area contributed by atoms with Gasteiger partial charge in [-0.2, -0.15) is 0 Å². The Morgan fingerprint density at radius 1 is 1.38 bits per heavy atom. The van der Waals surface area contributed by atoms with E-state index in [1.165, 1.54) is 26.1 Å². The lowest BCUT2D eigenvalue weighted by Gasteiger charge is -2.19. The number of amides is 2. The van der Waals surface area contributed by atoms with Gasteiger partial charge in [0.15, 0.2) is 0 Å². The average Bonchev–Trinajstić information content (AvgIpc) is 2.81. The van der Waals surface area contributed by atoms with E-state index < -0.39 is 24.0 Å². The Kier molecular flexibility index (Phi) is 4.97. The fourth-order valence-electron chi connectivity index (χ4n) is 2.10. The van der Waals surface area contributed by atoms with Crippen LogP contribution in [-0.2, 0) is 9.63 Å². The van der Waals surface area contributed by atoms with Gasteiger partial charge in [-0.1, -0.05) is 12.1 Å². The van der Waals surface area contributed by atoms with Crippen molar-refractivity contribution in [1.82, 2.24) is 9.91 Å². The first-order valence-corrected chi connectivity index (χ1v) is 7.06. The zero-order valence-corrected chi connectivity index (χ0v) is 13.1. The third-order valence-corrected chi connectivity index (χ3v) is 3.40. The number of hydrogen-bond donors (Lipinski definition) is 1. The first-order chi connectivity index (χ1) is 11.3. The molecule has 1 aliphatic heterocycles. The van der Waals surface area contributed by atoms with Gasteiger partial charge in [0.05, 0.1) is 36.1 Å². The predicted octanol–water partition coefficient (Wildman–Crippen LogP) is 0.844. The number of nitrogens with zero attached hydrogens (tertiary/aromatic N) is 4. The van der Waals surface area contributed by atoms with Gasteiger partial charge >= 0.3 is 5.97 Å². The Labute approximate surface area is 137 Å². The van der Waals surface area contributed by atoms with Gasteiger partial charge in [-0.3, -0.25) is 14.4 Å². The number of imide groups is 1. The van der Waals surface area contributed by atoms with Crippen molar-refractivity contribution in [3.05, 3.63) is 40.6 Å². The van der Waals surface area contributed by atoms with Gasteiger partial charge in [0, 0.05) is 0 Å². The molecule has 128 valence electrons. The molecule has 1 N–H and O–H groups in total. The number of carboxylic acids is 1. The highest BCUT2D eigenvalue weighted by molar-refractivity contribution is 6.21. The van der Waals surface area contributed by atoms with Gasteiger partial charge in [0.25, 0.3) is 11.8 Å². The van der Waals surface area contributed by atoms with Crippen molar-refractivity contribution >= 4 is 17.8 Å². The standard InChI is InChI=1S/C14H16N4O6/c1-9(24-15-18(23)16(2)8-7-12(19)20)17-13(21)10-5-3-4-6-11(10)14(17)22/h3-6,9H,7-8H2,1-2H3,(H,19,20). The smallest absolute Gasteiger partial charge is 0.305 e. The topological polar surface area (TPSA) is 126 Å². The lowest BCUT2D eigenvalue weighted by Crippen LogP contribution is -2.39. The van der Waals surface area contributed by atoms with E-state index in [0.717, 1.165) is 9.91 Å². The highest BCUT2D eigenvalue weighted by Gasteiger charge is 2.39. The number of rotatable bonds is 7. The summed E-state index contributed by atoms with van der Waals surface area (Å²) in [6.07, 6.45) is -1.35. The summed E-state index contributed by atoms with van der Waals surface area (Å²) in [5.74, 6) is -2.12. The number of hydrazine groups is 1. The number of benzene rings is 1. The lowest BCUT2D eigenvalue weighted by molar-refractivity contribution is -0.706. The molecule has 0 bridgehead atoms. The Hall–Kier alpha value is -3.17. The third kappa shape index (κ3) is 3.42. The van der Waals surface area contributed by atoms with Gasteiger partial charge in [-0.15, -0.1) is 5.01 Å². The van der Waals surface area contributed by atoms with E-state index in [1.54, 1.807) is 12.1 Å². The molecular formula is C14H16N4O6. The van der Waals surface area contributed by atoms with Crippen LogP contribution in [0.1, 0.15) is 34.1 Å². The first-order valence-electron chi connectivity index (χ1n) is 7.06. The summed E-state index contributed by atoms with van der Waals surface area (Å²) in [5.41, 5.74) is 0.519. The quantitative estimate of drug-likeness (QED) is 0.338. The summed E-state index contributed by atoms with van der Waals surface area (Å²) in [5, 5.41) is 24.4. The van der Waals surface area contributed by atoms with Gasteiger partial charge in [-0.25, -0.2) is 4.90 Å². The van der Waals surface area contributed by atoms with Crippen LogP contribution in [0.25, 0.3) is 0 Å². The molecule has 1 heterocycles. The van der Waals surface area contributed by atoms with E-state index >= 15 is 0 Å². The van der Waals surface area contributed by atoms with Crippen LogP contribution >= 0.6 is 0 Å². The number of fused-ring (bicyclic) bond motifs is 1. The van der Waals surface area contributed by atoms with Gasteiger partial charge < -0.3 is 15.2 Å². The molecule has 0 saturated heterocycles. The van der Waals surface area contributed by atoms with Crippen LogP contribution in [0.2, 0.25) is 0 Å². The second-order valence-electron chi connectivity index (χ2n) is 5.09. The molecule has 0 aliphatic carbocycles. The molecule has 0 aromatic heterocycles. The van der Waals surface area contributed by atoms with E-state index in [4.69, 9.17) is 9.94 Å². The lowest BCUT2D eigenvalue weighted by atomic mass is 10.1. The van der Waals surface area contributed by atoms with E-state index in [2.05, 4.69) is 5.28 Å². The van der Waals surface area contributed by atoms with Crippen LogP contribution in [0.5, 0.6) is 0 Å². The monoisotopic (exact) mass is 336 g/mol. The summed E-state index contributed by atoms with van der Waals surface area (Å²) in [6.45, 7) is 1.32. The van der Waals surface area contributed by atoms with Crippen molar-refractivity contribution in [1.29, 1.82) is 0 Å². The fourth-order valence-corrected chi connectivity index (χ4v) is 2.10. The van der Waals surface area contributed by atoms with Crippen molar-refractivity contribution in [2.75, 3.05) is 13.6 Å². The zero-order valence-electron chi connectivity index (χ0n) is 13.1. The molecule has 2 rings (SSSR count). The SMILES string of the molecule is CC(ON=[N+]([O-])N(C)CCC(=O)O)N1C(=O)c2ccccc2C1=O. The summed E-state index contributed by atoms with van der Waals surface area (Å²) in [6, 6.07) is 6.33. The first kappa shape index (κ1) is 17.2. The molecule has 10 heteroatoms. The van der Waals surface area contributed by atoms with Crippen molar-refractivity contribution in [2.45, 2.75) is 19.6 Å². The van der Waals surface area contributed by atoms with Crippen molar-refractivity contribution < 1.29 is 29.3 Å². The van der Waals surface area contributed by atoms with Gasteiger partial charge in [-0.05, 0) is 19.1 Å². The minimum absolute atomic E-state index is 0.0532. The van der Waals surface area contributed by atoms with E-state index in [0.29, 0.717) is 0 Å². The number of carboxylic acid groups (broad SMARTS) is 1. The highest BCUT2D eigenvalue weighted by atomic mass is 16.7. The van der Waals surface area contributed by atoms with Crippen molar-refractivity contribution in [3.63, 3.8) is 0 Å². The molecule has 1 unspecified atom stereocenters. The molecule has 0 saturated carbocycles. The number of carbonyl (C=O) groups is 3. The maximum absolute atomic E-state index is 12.2. The Morgan fingerprint density at radius 3 is 2.42 bits per heavy atom. The molecule has 0 spiro atoms. The number of carbonyl (C=O) groups excluding carboxylic acids is 2. The van der Waals surface area contributed by atoms with Crippen molar-refractivity contribution in [2.24, 2.45) is 5.28 Å². The summed E-state index contributed by atoms with van der Waals surface area (Å²) < 4.78 is 0. The Morgan fingerprint density at radius 2 is 1.92 bits per heavy atom. The summed E-state index contributed by atoms with van der Waals surface area (Å²) in [7, 11) is 1.33. The number of aliphatic carboxylic acids is 1. The molecule has 1 aliphatic rings. The van der Waals surface area contributed by atoms with E-state index in [1.807, 2.05) is 0 Å². The second kappa shape index (κ2) is 6.94. The Bertz CT molecular complexity index is 669. The Balaban J connectivity index is 2.02. The zero-order chi connectivity index (χ0) is 17.9. The molecule has 0 fully saturated rings. The van der Waals surface area contributed by atoms with Crippen LogP contribution in [0.3, 0.4) is 0 Å². The van der Waals surface area contributed by atoms with Gasteiger partial charge in [0.1, 0.15) is 0 Å². The molecule has 1 aromatic carbocycles. The van der Waals surface area contributed by atoms with Gasteiger partial charge in [0.2, 0.25) is 11.5 Å². The van der Waals surface area contributed by atoms with E-state index in [-0.39, 0.29) is 29.1 Å². The largest absolute Gasteiger partial charge is 0.569 e. The molecule has 2 amide bonds. The molecular weight excluding hydrogens is 320 g/mol. The van der Waals surface area contributed by atoms with E-state index in [9.17, 15) is 19.6 Å². The maximum atomic E-state index is 12.2. The van der Waals surface area contributed by atoms with Crippen LogP contribution in [0.15, 0.2) is 29.5 Å². The molecule has 1 atom stereocenters. The highest BCUT2D eigenvalue weighted by Crippen LogP contribution is 2.24. The molecule has 1 aromatic rings. The normalized spacial score (nSPS) is 15.2. The molecule has 10 nitrogen and oxygen atoms in total. The van der Waals surface area contributed by atoms with Crippen LogP contribution in [-0.4, -0.2) is 57.6 Å². The number of hydrogen-bond acceptors (Lipinski definition) is 6. The predicted molar refractivity (Wildman–Crippen MR) is 78.4 cm³/mol. The summed E-state index contributed by atoms with van der Waals surface area (Å²) >= 11 is 0. The van der Waals surface area contributed by atoms with Crippen molar-refractivity contribution in [3.8, 4) is 0 Å². The molecule has 0 radical (unpaired) electrons. The molecule has 24 heavy (non-hydrogen) atoms. The van der Waals surface area contributed by atoms with Crippen LogP contribution < -0.4 is 0 Å². The summed E-state index contributed by atoms with van der Waals surface area (Å²) in [4.78, 5) is 40.7. The minimum Gasteiger partial charge on any atom is -0.569 e. The average molecular weight is 336 g/mol. The third-order valence-electron chi connectivity index (χ3n) is 3.40. The fraction of sp³-hybridized carbons (Fsp3) is 0.357. The maximum Gasteiger partial charge on any atom is 0.305 e. The van der Waals surface area contributed by atoms with Crippen LogP contribution in [0.4, 0.5) is 0 Å².